The van der Waals surface area contributed by atoms with E-state index in [0.29, 0.717) is 23.0 Å². The SMILES string of the molecule is CCc1nc(-c2ccc(Cl)cc2)nc(Cl)c1C(=O)O. The number of halogens is 2. The van der Waals surface area contributed by atoms with Crippen LogP contribution in [0.3, 0.4) is 0 Å². The Balaban J connectivity index is 2.57. The number of carboxylic acids is 1. The standard InChI is InChI=1S/C13H10Cl2N2O2/c1-2-9-10(13(18)19)11(15)17-12(16-9)7-3-5-8(14)6-4-7/h3-6H,2H2,1H3,(H,18,19). The molecule has 0 amide bonds. The lowest BCUT2D eigenvalue weighted by Crippen LogP contribution is -2.08. The fourth-order valence-electron chi connectivity index (χ4n) is 1.67. The first-order valence-electron chi connectivity index (χ1n) is 5.58. The number of carboxylic acid groups (broad SMARTS) is 1. The van der Waals surface area contributed by atoms with Crippen LogP contribution in [-0.2, 0) is 6.42 Å². The van der Waals surface area contributed by atoms with Gasteiger partial charge in [0, 0.05) is 10.6 Å². The minimum Gasteiger partial charge on any atom is -0.478 e. The molecule has 1 N–H and O–H groups in total. The van der Waals surface area contributed by atoms with Crippen molar-refractivity contribution in [1.82, 2.24) is 9.97 Å². The van der Waals surface area contributed by atoms with E-state index in [2.05, 4.69) is 9.97 Å². The Bertz CT molecular complexity index is 627. The molecule has 0 aliphatic heterocycles. The summed E-state index contributed by atoms with van der Waals surface area (Å²) in [5.74, 6) is -0.729. The first-order valence-corrected chi connectivity index (χ1v) is 6.34. The maximum Gasteiger partial charge on any atom is 0.340 e. The highest BCUT2D eigenvalue weighted by Gasteiger charge is 2.18. The average molecular weight is 297 g/mol. The summed E-state index contributed by atoms with van der Waals surface area (Å²) in [4.78, 5) is 19.4. The monoisotopic (exact) mass is 296 g/mol. The van der Waals surface area contributed by atoms with Crippen molar-refractivity contribution in [3.63, 3.8) is 0 Å². The number of rotatable bonds is 3. The molecule has 2 aromatic rings. The van der Waals surface area contributed by atoms with Crippen LogP contribution in [-0.4, -0.2) is 21.0 Å². The summed E-state index contributed by atoms with van der Waals surface area (Å²) < 4.78 is 0. The van der Waals surface area contributed by atoms with Gasteiger partial charge in [-0.05, 0) is 30.7 Å². The summed E-state index contributed by atoms with van der Waals surface area (Å²) in [6.07, 6.45) is 0.463. The zero-order valence-electron chi connectivity index (χ0n) is 10.0. The number of hydrogen-bond donors (Lipinski definition) is 1. The molecule has 0 radical (unpaired) electrons. The van der Waals surface area contributed by atoms with Crippen molar-refractivity contribution in [1.29, 1.82) is 0 Å². The molecule has 0 bridgehead atoms. The molecular weight excluding hydrogens is 287 g/mol. The molecule has 1 heterocycles. The summed E-state index contributed by atoms with van der Waals surface area (Å²) in [5.41, 5.74) is 1.11. The third kappa shape index (κ3) is 2.85. The zero-order valence-corrected chi connectivity index (χ0v) is 11.5. The van der Waals surface area contributed by atoms with E-state index < -0.39 is 5.97 Å². The Labute approximate surface area is 120 Å². The molecule has 0 spiro atoms. The average Bonchev–Trinajstić information content (AvgIpc) is 2.38. The van der Waals surface area contributed by atoms with Crippen LogP contribution in [0.2, 0.25) is 10.2 Å². The van der Waals surface area contributed by atoms with E-state index in [-0.39, 0.29) is 10.7 Å². The molecule has 0 atom stereocenters. The van der Waals surface area contributed by atoms with Crippen LogP contribution in [0.1, 0.15) is 23.0 Å². The molecule has 6 heteroatoms. The molecule has 1 aromatic heterocycles. The van der Waals surface area contributed by atoms with Gasteiger partial charge in [0.05, 0.1) is 5.69 Å². The molecule has 0 saturated heterocycles. The lowest BCUT2D eigenvalue weighted by Gasteiger charge is -2.08. The van der Waals surface area contributed by atoms with Crippen molar-refractivity contribution in [3.8, 4) is 11.4 Å². The molecule has 0 fully saturated rings. The lowest BCUT2D eigenvalue weighted by molar-refractivity contribution is 0.0695. The van der Waals surface area contributed by atoms with E-state index >= 15 is 0 Å². The fourth-order valence-corrected chi connectivity index (χ4v) is 2.07. The summed E-state index contributed by atoms with van der Waals surface area (Å²) in [5, 5.41) is 9.65. The van der Waals surface area contributed by atoms with E-state index in [9.17, 15) is 4.79 Å². The largest absolute Gasteiger partial charge is 0.478 e. The second-order valence-electron chi connectivity index (χ2n) is 3.83. The van der Waals surface area contributed by atoms with Gasteiger partial charge in [0.2, 0.25) is 0 Å². The van der Waals surface area contributed by atoms with Gasteiger partial charge in [-0.15, -0.1) is 0 Å². The third-order valence-electron chi connectivity index (χ3n) is 2.59. The third-order valence-corrected chi connectivity index (χ3v) is 3.12. The first kappa shape index (κ1) is 13.8. The Morgan fingerprint density at radius 3 is 2.37 bits per heavy atom. The maximum absolute atomic E-state index is 11.1. The number of aromatic nitrogens is 2. The first-order chi connectivity index (χ1) is 9.02. The van der Waals surface area contributed by atoms with Crippen LogP contribution >= 0.6 is 23.2 Å². The highest BCUT2D eigenvalue weighted by atomic mass is 35.5. The van der Waals surface area contributed by atoms with Crippen LogP contribution < -0.4 is 0 Å². The van der Waals surface area contributed by atoms with Gasteiger partial charge in [0.15, 0.2) is 5.82 Å². The van der Waals surface area contributed by atoms with Gasteiger partial charge in [-0.25, -0.2) is 14.8 Å². The molecule has 0 saturated carbocycles. The maximum atomic E-state index is 11.1. The number of aryl methyl sites for hydroxylation is 1. The highest BCUT2D eigenvalue weighted by Crippen LogP contribution is 2.24. The molecule has 4 nitrogen and oxygen atoms in total. The smallest absolute Gasteiger partial charge is 0.340 e. The summed E-state index contributed by atoms with van der Waals surface area (Å²) in [6.45, 7) is 1.82. The second-order valence-corrected chi connectivity index (χ2v) is 4.62. The van der Waals surface area contributed by atoms with Crippen LogP contribution in [0.5, 0.6) is 0 Å². The summed E-state index contributed by atoms with van der Waals surface area (Å²) in [6, 6.07) is 6.94. The quantitative estimate of drug-likeness (QED) is 0.877. The van der Waals surface area contributed by atoms with Crippen molar-refractivity contribution in [2.75, 3.05) is 0 Å². The fraction of sp³-hybridized carbons (Fsp3) is 0.154. The Morgan fingerprint density at radius 2 is 1.84 bits per heavy atom. The van der Waals surface area contributed by atoms with Crippen molar-refractivity contribution >= 4 is 29.2 Å². The second kappa shape index (κ2) is 5.55. The molecule has 1 aromatic carbocycles. The molecule has 0 aliphatic rings. The Morgan fingerprint density at radius 1 is 1.21 bits per heavy atom. The predicted octanol–water partition coefficient (Wildman–Crippen LogP) is 3.71. The summed E-state index contributed by atoms with van der Waals surface area (Å²) >= 11 is 11.7. The van der Waals surface area contributed by atoms with Gasteiger partial charge in [-0.1, -0.05) is 30.1 Å². The van der Waals surface area contributed by atoms with Crippen molar-refractivity contribution in [2.24, 2.45) is 0 Å². The number of hydrogen-bond acceptors (Lipinski definition) is 3. The lowest BCUT2D eigenvalue weighted by atomic mass is 10.1. The van der Waals surface area contributed by atoms with Crippen molar-refractivity contribution < 1.29 is 9.90 Å². The minimum atomic E-state index is -1.12. The molecule has 0 unspecified atom stereocenters. The van der Waals surface area contributed by atoms with E-state index in [0.717, 1.165) is 5.56 Å². The van der Waals surface area contributed by atoms with Crippen molar-refractivity contribution in [2.45, 2.75) is 13.3 Å². The minimum absolute atomic E-state index is 0.0399. The molecule has 2 rings (SSSR count). The zero-order chi connectivity index (χ0) is 14.0. The number of carbonyl (C=O) groups is 1. The number of benzene rings is 1. The van der Waals surface area contributed by atoms with E-state index in [1.807, 2.05) is 6.92 Å². The highest BCUT2D eigenvalue weighted by molar-refractivity contribution is 6.32. The summed E-state index contributed by atoms with van der Waals surface area (Å²) in [7, 11) is 0. The van der Waals surface area contributed by atoms with Crippen molar-refractivity contribution in [3.05, 3.63) is 45.7 Å². The van der Waals surface area contributed by atoms with Gasteiger partial charge >= 0.3 is 5.97 Å². The number of aromatic carboxylic acids is 1. The Kier molecular flexibility index (Phi) is 4.02. The van der Waals surface area contributed by atoms with Gasteiger partial charge in [-0.2, -0.15) is 0 Å². The topological polar surface area (TPSA) is 63.1 Å². The van der Waals surface area contributed by atoms with Crippen LogP contribution in [0.4, 0.5) is 0 Å². The van der Waals surface area contributed by atoms with E-state index in [1.54, 1.807) is 24.3 Å². The molecule has 0 aliphatic carbocycles. The van der Waals surface area contributed by atoms with Crippen LogP contribution in [0, 0.1) is 0 Å². The molecule has 19 heavy (non-hydrogen) atoms. The molecule has 98 valence electrons. The van der Waals surface area contributed by atoms with Gasteiger partial charge in [0.25, 0.3) is 0 Å². The van der Waals surface area contributed by atoms with Crippen LogP contribution in [0.15, 0.2) is 24.3 Å². The van der Waals surface area contributed by atoms with Gasteiger partial charge in [0.1, 0.15) is 10.7 Å². The van der Waals surface area contributed by atoms with E-state index in [4.69, 9.17) is 28.3 Å². The normalized spacial score (nSPS) is 10.5. The number of nitrogens with zero attached hydrogens (tertiary/aromatic N) is 2. The van der Waals surface area contributed by atoms with Crippen LogP contribution in [0.25, 0.3) is 11.4 Å². The molecular formula is C13H10Cl2N2O2. The van der Waals surface area contributed by atoms with Gasteiger partial charge < -0.3 is 5.11 Å². The van der Waals surface area contributed by atoms with E-state index in [1.165, 1.54) is 0 Å². The van der Waals surface area contributed by atoms with Gasteiger partial charge in [-0.3, -0.25) is 0 Å². The Hall–Kier alpha value is -1.65. The predicted molar refractivity (Wildman–Crippen MR) is 73.8 cm³/mol.